The topological polar surface area (TPSA) is 63.5 Å². The van der Waals surface area contributed by atoms with Crippen LogP contribution in [0.2, 0.25) is 0 Å². The van der Waals surface area contributed by atoms with E-state index in [1.165, 1.54) is 0 Å². The van der Waals surface area contributed by atoms with Gasteiger partial charge in [-0.1, -0.05) is 23.5 Å². The molecule has 1 amide bonds. The molecule has 0 radical (unpaired) electrons. The second kappa shape index (κ2) is 6.18. The van der Waals surface area contributed by atoms with E-state index in [0.717, 1.165) is 44.6 Å². The maximum absolute atomic E-state index is 13.1. The number of benzene rings is 2. The number of carbonyl (C=O) groups is 1. The Bertz CT molecular complexity index is 1260. The maximum atomic E-state index is 13.1. The van der Waals surface area contributed by atoms with Gasteiger partial charge in [0.15, 0.2) is 5.13 Å². The first-order chi connectivity index (χ1) is 14.2. The number of hydrogen-bond acceptors (Lipinski definition) is 6. The van der Waals surface area contributed by atoms with Crippen molar-refractivity contribution >= 4 is 49.6 Å². The molecule has 0 aliphatic carbocycles. The first-order valence-electron chi connectivity index (χ1n) is 9.67. The van der Waals surface area contributed by atoms with Crippen molar-refractivity contribution in [2.24, 2.45) is 5.92 Å². The van der Waals surface area contributed by atoms with Crippen LogP contribution in [0.4, 0.5) is 11.1 Å². The minimum absolute atomic E-state index is 0.0112. The van der Waals surface area contributed by atoms with Crippen LogP contribution in [0.1, 0.15) is 0 Å². The lowest BCUT2D eigenvalue weighted by molar-refractivity contribution is -0.123. The molecule has 8 heteroatoms. The average Bonchev–Trinajstić information content (AvgIpc) is 3.38. The van der Waals surface area contributed by atoms with Gasteiger partial charge in [0.05, 0.1) is 34.3 Å². The van der Waals surface area contributed by atoms with Crippen molar-refractivity contribution < 1.29 is 9.53 Å². The Morgan fingerprint density at radius 2 is 1.97 bits per heavy atom. The molecule has 4 heterocycles. The second-order valence-corrected chi connectivity index (χ2v) is 8.48. The third kappa shape index (κ3) is 2.52. The Morgan fingerprint density at radius 1 is 1.10 bits per heavy atom. The van der Waals surface area contributed by atoms with Crippen molar-refractivity contribution in [1.82, 2.24) is 14.5 Å². The Labute approximate surface area is 171 Å². The lowest BCUT2D eigenvalue weighted by atomic mass is 9.99. The SMILES string of the molecule is COc1ccc2sc(N3CC(C(=O)N4CCn5c4nc4ccccc45)C3)nc2c1. The minimum atomic E-state index is -0.0112. The van der Waals surface area contributed by atoms with E-state index < -0.39 is 0 Å². The quantitative estimate of drug-likeness (QED) is 0.524. The molecule has 2 aliphatic heterocycles. The molecule has 29 heavy (non-hydrogen) atoms. The number of para-hydroxylation sites is 2. The number of fused-ring (bicyclic) bond motifs is 4. The zero-order chi connectivity index (χ0) is 19.5. The van der Waals surface area contributed by atoms with E-state index in [1.54, 1.807) is 18.4 Å². The smallest absolute Gasteiger partial charge is 0.236 e. The van der Waals surface area contributed by atoms with Crippen molar-refractivity contribution in [3.05, 3.63) is 42.5 Å². The number of imidazole rings is 1. The van der Waals surface area contributed by atoms with Crippen LogP contribution in [0.5, 0.6) is 5.75 Å². The Balaban J connectivity index is 1.19. The molecule has 1 saturated heterocycles. The summed E-state index contributed by atoms with van der Waals surface area (Å²) in [6, 6.07) is 14.0. The molecule has 146 valence electrons. The normalized spacial score (nSPS) is 16.4. The van der Waals surface area contributed by atoms with Gasteiger partial charge in [0.25, 0.3) is 0 Å². The fourth-order valence-corrected chi connectivity index (χ4v) is 5.13. The third-order valence-electron chi connectivity index (χ3n) is 5.77. The first kappa shape index (κ1) is 16.8. The molecule has 2 aliphatic rings. The fourth-order valence-electron chi connectivity index (χ4n) is 4.17. The van der Waals surface area contributed by atoms with Crippen molar-refractivity contribution in [2.45, 2.75) is 6.54 Å². The van der Waals surface area contributed by atoms with Gasteiger partial charge in [-0.15, -0.1) is 0 Å². The van der Waals surface area contributed by atoms with Gasteiger partial charge in [-0.3, -0.25) is 9.69 Å². The molecule has 0 N–H and O–H groups in total. The highest BCUT2D eigenvalue weighted by Gasteiger charge is 2.40. The first-order valence-corrected chi connectivity index (χ1v) is 10.5. The van der Waals surface area contributed by atoms with Gasteiger partial charge in [-0.2, -0.15) is 0 Å². The van der Waals surface area contributed by atoms with Crippen molar-refractivity contribution in [1.29, 1.82) is 0 Å². The highest BCUT2D eigenvalue weighted by Crippen LogP contribution is 2.36. The molecule has 1 fully saturated rings. The summed E-state index contributed by atoms with van der Waals surface area (Å²) < 4.78 is 8.55. The van der Waals surface area contributed by atoms with E-state index >= 15 is 0 Å². The largest absolute Gasteiger partial charge is 0.497 e. The van der Waals surface area contributed by atoms with Crippen LogP contribution < -0.4 is 14.5 Å². The summed E-state index contributed by atoms with van der Waals surface area (Å²) >= 11 is 1.66. The van der Waals surface area contributed by atoms with Gasteiger partial charge in [0, 0.05) is 32.2 Å². The van der Waals surface area contributed by atoms with E-state index in [0.29, 0.717) is 19.6 Å². The summed E-state index contributed by atoms with van der Waals surface area (Å²) in [5, 5.41) is 0.964. The van der Waals surface area contributed by atoms with Crippen LogP contribution in [0, 0.1) is 5.92 Å². The lowest BCUT2D eigenvalue weighted by Crippen LogP contribution is -2.54. The van der Waals surface area contributed by atoms with E-state index in [1.807, 2.05) is 41.3 Å². The molecular formula is C21H19N5O2S. The summed E-state index contributed by atoms with van der Waals surface area (Å²) in [4.78, 5) is 26.6. The molecule has 2 aromatic heterocycles. The number of ether oxygens (including phenoxy) is 1. The molecule has 0 saturated carbocycles. The van der Waals surface area contributed by atoms with Gasteiger partial charge in [0.1, 0.15) is 5.75 Å². The maximum Gasteiger partial charge on any atom is 0.236 e. The Kier molecular flexibility index (Phi) is 3.58. The molecule has 4 aromatic rings. The Morgan fingerprint density at radius 3 is 2.83 bits per heavy atom. The molecule has 0 atom stereocenters. The highest BCUT2D eigenvalue weighted by atomic mass is 32.1. The number of aromatic nitrogens is 3. The van der Waals surface area contributed by atoms with Gasteiger partial charge >= 0.3 is 0 Å². The van der Waals surface area contributed by atoms with Crippen molar-refractivity contribution in [3.63, 3.8) is 0 Å². The van der Waals surface area contributed by atoms with E-state index in [9.17, 15) is 4.79 Å². The summed E-state index contributed by atoms with van der Waals surface area (Å²) in [6.45, 7) is 2.90. The number of nitrogens with zero attached hydrogens (tertiary/aromatic N) is 5. The lowest BCUT2D eigenvalue weighted by Gasteiger charge is -2.39. The molecule has 7 nitrogen and oxygen atoms in total. The van der Waals surface area contributed by atoms with Crippen LogP contribution in [-0.2, 0) is 11.3 Å². The Hall–Kier alpha value is -3.13. The number of amides is 1. The molecule has 6 rings (SSSR count). The molecule has 0 unspecified atom stereocenters. The van der Waals surface area contributed by atoms with Crippen LogP contribution in [0.25, 0.3) is 21.3 Å². The van der Waals surface area contributed by atoms with Crippen LogP contribution in [-0.4, -0.2) is 47.2 Å². The zero-order valence-electron chi connectivity index (χ0n) is 15.9. The van der Waals surface area contributed by atoms with Gasteiger partial charge in [-0.05, 0) is 24.3 Å². The van der Waals surface area contributed by atoms with Crippen molar-refractivity contribution in [2.75, 3.05) is 36.5 Å². The predicted molar refractivity (Wildman–Crippen MR) is 114 cm³/mol. The highest BCUT2D eigenvalue weighted by molar-refractivity contribution is 7.22. The molecular weight excluding hydrogens is 386 g/mol. The number of anilines is 2. The second-order valence-electron chi connectivity index (χ2n) is 7.47. The van der Waals surface area contributed by atoms with E-state index in [2.05, 4.69) is 15.5 Å². The molecule has 0 spiro atoms. The fraction of sp³-hybridized carbons (Fsp3) is 0.286. The average molecular weight is 405 g/mol. The number of methoxy groups -OCH3 is 1. The number of rotatable bonds is 3. The molecule has 0 bridgehead atoms. The van der Waals surface area contributed by atoms with Crippen LogP contribution >= 0.6 is 11.3 Å². The van der Waals surface area contributed by atoms with Gasteiger partial charge < -0.3 is 14.2 Å². The van der Waals surface area contributed by atoms with E-state index in [-0.39, 0.29) is 11.8 Å². The predicted octanol–water partition coefficient (Wildman–Crippen LogP) is 3.14. The van der Waals surface area contributed by atoms with E-state index in [4.69, 9.17) is 14.7 Å². The monoisotopic (exact) mass is 405 g/mol. The summed E-state index contributed by atoms with van der Waals surface area (Å²) in [5.41, 5.74) is 2.98. The summed E-state index contributed by atoms with van der Waals surface area (Å²) in [5.74, 6) is 1.74. The van der Waals surface area contributed by atoms with Crippen LogP contribution in [0.3, 0.4) is 0 Å². The summed E-state index contributed by atoms with van der Waals surface area (Å²) in [7, 11) is 1.66. The number of hydrogen-bond donors (Lipinski definition) is 0. The van der Waals surface area contributed by atoms with Crippen molar-refractivity contribution in [3.8, 4) is 5.75 Å². The third-order valence-corrected chi connectivity index (χ3v) is 6.87. The number of carbonyl (C=O) groups excluding carboxylic acids is 1. The zero-order valence-corrected chi connectivity index (χ0v) is 16.7. The number of thiazole rings is 1. The standard InChI is InChI=1S/C21H19N5O2S/c1-28-14-6-7-18-16(10-14)23-21(29-18)24-11-13(12-24)19(27)26-9-8-25-17-5-3-2-4-15(17)22-20(25)26/h2-7,10,13H,8-9,11-12H2,1H3. The summed E-state index contributed by atoms with van der Waals surface area (Å²) in [6.07, 6.45) is 0. The van der Waals surface area contributed by atoms with Gasteiger partial charge in [-0.25, -0.2) is 9.97 Å². The van der Waals surface area contributed by atoms with Crippen LogP contribution in [0.15, 0.2) is 42.5 Å². The van der Waals surface area contributed by atoms with Gasteiger partial charge in [0.2, 0.25) is 11.9 Å². The molecule has 2 aromatic carbocycles. The minimum Gasteiger partial charge on any atom is -0.497 e.